The number of benzene rings is 1. The van der Waals surface area contributed by atoms with E-state index in [1.165, 1.54) is 22.7 Å². The van der Waals surface area contributed by atoms with Crippen molar-refractivity contribution in [1.29, 1.82) is 0 Å². The Bertz CT molecular complexity index is 815. The molecule has 0 bridgehead atoms. The lowest BCUT2D eigenvalue weighted by Crippen LogP contribution is -2.49. The number of nitrogens with zero attached hydrogens (tertiary/aromatic N) is 3. The third kappa shape index (κ3) is 5.44. The molecule has 12 heteroatoms. The zero-order valence-electron chi connectivity index (χ0n) is 13.7. The summed E-state index contributed by atoms with van der Waals surface area (Å²) in [6.07, 6.45) is 1.17. The molecule has 2 rings (SSSR count). The lowest BCUT2D eigenvalue weighted by Gasteiger charge is -2.33. The van der Waals surface area contributed by atoms with Gasteiger partial charge in [-0.1, -0.05) is 0 Å². The molecule has 0 spiro atoms. The fourth-order valence-electron chi connectivity index (χ4n) is 2.45. The molecular formula is C13H20N4O6S2. The molecule has 0 saturated carbocycles. The Morgan fingerprint density at radius 2 is 1.64 bits per heavy atom. The number of nitro benzene ring substituents is 1. The van der Waals surface area contributed by atoms with Crippen LogP contribution in [0.2, 0.25) is 0 Å². The van der Waals surface area contributed by atoms with E-state index in [0.717, 1.165) is 12.1 Å². The van der Waals surface area contributed by atoms with Crippen LogP contribution in [0.4, 0.5) is 5.69 Å². The number of rotatable bonds is 7. The molecule has 1 aromatic rings. The van der Waals surface area contributed by atoms with Crippen LogP contribution in [0.5, 0.6) is 0 Å². The average molecular weight is 392 g/mol. The lowest BCUT2D eigenvalue weighted by atomic mass is 10.3. The van der Waals surface area contributed by atoms with Crippen molar-refractivity contribution in [2.45, 2.75) is 4.90 Å². The van der Waals surface area contributed by atoms with Gasteiger partial charge >= 0.3 is 0 Å². The van der Waals surface area contributed by atoms with Crippen molar-refractivity contribution in [3.8, 4) is 0 Å². The van der Waals surface area contributed by atoms with Gasteiger partial charge in [0.15, 0.2) is 0 Å². The fourth-order valence-corrected chi connectivity index (χ4v) is 4.30. The van der Waals surface area contributed by atoms with E-state index in [9.17, 15) is 26.9 Å². The Labute approximate surface area is 146 Å². The molecule has 0 atom stereocenters. The maximum Gasteiger partial charge on any atom is 0.269 e. The molecule has 1 heterocycles. The molecule has 10 nitrogen and oxygen atoms in total. The van der Waals surface area contributed by atoms with Crippen LogP contribution in [0.15, 0.2) is 29.2 Å². The van der Waals surface area contributed by atoms with Crippen molar-refractivity contribution in [2.24, 2.45) is 0 Å². The summed E-state index contributed by atoms with van der Waals surface area (Å²) >= 11 is 0. The highest BCUT2D eigenvalue weighted by Crippen LogP contribution is 2.15. The second-order valence-corrected chi connectivity index (χ2v) is 9.40. The summed E-state index contributed by atoms with van der Waals surface area (Å²) in [6.45, 7) is 2.45. The first kappa shape index (κ1) is 19.7. The lowest BCUT2D eigenvalue weighted by molar-refractivity contribution is -0.384. The smallest absolute Gasteiger partial charge is 0.269 e. The van der Waals surface area contributed by atoms with Crippen LogP contribution < -0.4 is 4.72 Å². The summed E-state index contributed by atoms with van der Waals surface area (Å²) in [5, 5.41) is 10.6. The summed E-state index contributed by atoms with van der Waals surface area (Å²) in [6, 6.07) is 4.65. The minimum atomic E-state index is -3.74. The van der Waals surface area contributed by atoms with E-state index in [2.05, 4.69) is 4.72 Å². The molecule has 0 radical (unpaired) electrons. The number of non-ortho nitro benzene ring substituents is 1. The van der Waals surface area contributed by atoms with Crippen LogP contribution in [0.3, 0.4) is 0 Å². The van der Waals surface area contributed by atoms with Gasteiger partial charge in [0.25, 0.3) is 5.69 Å². The van der Waals surface area contributed by atoms with Gasteiger partial charge in [0.2, 0.25) is 20.0 Å². The first-order valence-electron chi connectivity index (χ1n) is 7.51. The maximum atomic E-state index is 12.2. The molecule has 1 saturated heterocycles. The van der Waals surface area contributed by atoms with Crippen LogP contribution >= 0.6 is 0 Å². The van der Waals surface area contributed by atoms with E-state index >= 15 is 0 Å². The van der Waals surface area contributed by atoms with Crippen molar-refractivity contribution in [1.82, 2.24) is 13.9 Å². The predicted molar refractivity (Wildman–Crippen MR) is 91.1 cm³/mol. The topological polar surface area (TPSA) is 130 Å². The first-order valence-corrected chi connectivity index (χ1v) is 10.8. The molecule has 1 aliphatic rings. The molecule has 1 fully saturated rings. The van der Waals surface area contributed by atoms with Gasteiger partial charge < -0.3 is 0 Å². The van der Waals surface area contributed by atoms with E-state index in [-0.39, 0.29) is 17.1 Å². The molecule has 0 aliphatic carbocycles. The fraction of sp³-hybridized carbons (Fsp3) is 0.538. The first-order chi connectivity index (χ1) is 11.6. The number of nitrogens with one attached hydrogen (secondary N) is 1. The summed E-state index contributed by atoms with van der Waals surface area (Å²) < 4.78 is 51.0. The van der Waals surface area contributed by atoms with Gasteiger partial charge in [-0.25, -0.2) is 21.6 Å². The molecule has 0 unspecified atom stereocenters. The van der Waals surface area contributed by atoms with E-state index in [4.69, 9.17) is 0 Å². The number of nitro groups is 1. The van der Waals surface area contributed by atoms with Gasteiger partial charge in [-0.2, -0.15) is 4.31 Å². The Kier molecular flexibility index (Phi) is 6.11. The zero-order valence-corrected chi connectivity index (χ0v) is 15.3. The van der Waals surface area contributed by atoms with Crippen LogP contribution in [0.1, 0.15) is 0 Å². The van der Waals surface area contributed by atoms with Crippen LogP contribution in [-0.2, 0) is 20.0 Å². The van der Waals surface area contributed by atoms with E-state index in [0.29, 0.717) is 32.7 Å². The number of sulfonamides is 2. The summed E-state index contributed by atoms with van der Waals surface area (Å²) in [5.74, 6) is 0. The number of hydrogen-bond donors (Lipinski definition) is 1. The third-order valence-electron chi connectivity index (χ3n) is 3.88. The molecule has 25 heavy (non-hydrogen) atoms. The van der Waals surface area contributed by atoms with Crippen LogP contribution in [-0.4, -0.2) is 76.5 Å². The molecular weight excluding hydrogens is 372 g/mol. The largest absolute Gasteiger partial charge is 0.299 e. The number of hydrogen-bond acceptors (Lipinski definition) is 7. The van der Waals surface area contributed by atoms with Crippen molar-refractivity contribution >= 4 is 25.7 Å². The Balaban J connectivity index is 1.84. The van der Waals surface area contributed by atoms with Gasteiger partial charge in [-0.3, -0.25) is 15.0 Å². The van der Waals surface area contributed by atoms with Gasteiger partial charge in [-0.15, -0.1) is 0 Å². The van der Waals surface area contributed by atoms with Crippen molar-refractivity contribution < 1.29 is 21.8 Å². The number of piperazine rings is 1. The maximum absolute atomic E-state index is 12.2. The average Bonchev–Trinajstić information content (AvgIpc) is 2.54. The SMILES string of the molecule is CS(=O)(=O)N1CCN(CCNS(=O)(=O)c2ccc([N+](=O)[O-])cc2)CC1. The third-order valence-corrected chi connectivity index (χ3v) is 6.66. The minimum Gasteiger partial charge on any atom is -0.299 e. The van der Waals surface area contributed by atoms with Gasteiger partial charge in [0.1, 0.15) is 0 Å². The van der Waals surface area contributed by atoms with Crippen LogP contribution in [0, 0.1) is 10.1 Å². The molecule has 1 aromatic carbocycles. The Morgan fingerprint density at radius 1 is 1.08 bits per heavy atom. The normalized spacial score (nSPS) is 17.5. The Morgan fingerprint density at radius 3 is 2.12 bits per heavy atom. The molecule has 1 N–H and O–H groups in total. The molecule has 0 aromatic heterocycles. The highest BCUT2D eigenvalue weighted by Gasteiger charge is 2.23. The van der Waals surface area contributed by atoms with Crippen molar-refractivity contribution in [2.75, 3.05) is 45.5 Å². The summed E-state index contributed by atoms with van der Waals surface area (Å²) in [4.78, 5) is 11.9. The van der Waals surface area contributed by atoms with Gasteiger partial charge in [0, 0.05) is 51.4 Å². The second kappa shape index (κ2) is 7.74. The standard InChI is InChI=1S/C13H20N4O6S2/c1-24(20,21)16-10-8-15(9-11-16)7-6-14-25(22,23)13-4-2-12(3-5-13)17(18)19/h2-5,14H,6-11H2,1H3. The minimum absolute atomic E-state index is 0.0417. The zero-order chi connectivity index (χ0) is 18.7. The Hall–Kier alpha value is -1.60. The predicted octanol–water partition coefficient (Wildman–Crippen LogP) is -0.550. The van der Waals surface area contributed by atoms with Gasteiger partial charge in [-0.05, 0) is 12.1 Å². The van der Waals surface area contributed by atoms with Gasteiger partial charge in [0.05, 0.1) is 16.1 Å². The van der Waals surface area contributed by atoms with Crippen LogP contribution in [0.25, 0.3) is 0 Å². The highest BCUT2D eigenvalue weighted by atomic mass is 32.2. The molecule has 0 amide bonds. The monoisotopic (exact) mass is 392 g/mol. The van der Waals surface area contributed by atoms with Crippen molar-refractivity contribution in [3.63, 3.8) is 0 Å². The van der Waals surface area contributed by atoms with E-state index in [1.807, 2.05) is 4.90 Å². The quantitative estimate of drug-likeness (QED) is 0.487. The highest BCUT2D eigenvalue weighted by molar-refractivity contribution is 7.89. The second-order valence-electron chi connectivity index (χ2n) is 5.65. The van der Waals surface area contributed by atoms with E-state index < -0.39 is 25.0 Å². The molecule has 140 valence electrons. The summed E-state index contributed by atoms with van der Waals surface area (Å²) in [5.41, 5.74) is -0.178. The molecule has 1 aliphatic heterocycles. The van der Waals surface area contributed by atoms with E-state index in [1.54, 1.807) is 0 Å². The van der Waals surface area contributed by atoms with Crippen molar-refractivity contribution in [3.05, 3.63) is 34.4 Å². The summed E-state index contributed by atoms with van der Waals surface area (Å²) in [7, 11) is -6.93.